The van der Waals surface area contributed by atoms with Crippen molar-refractivity contribution in [3.63, 3.8) is 0 Å². The number of benzene rings is 1. The standard InChI is InChI=1S/C9H7N.C5H8/c1-2-6-9-8(4-1)5-3-7-10-9;1-2-4-5-3-1/h1-7H;1-2H,3-5H2. The van der Waals surface area contributed by atoms with Crippen LogP contribution in [0.15, 0.2) is 54.7 Å². The predicted molar refractivity (Wildman–Crippen MR) is 64.7 cm³/mol. The molecule has 1 heterocycles. The lowest BCUT2D eigenvalue weighted by Gasteiger charge is -1.91. The highest BCUT2D eigenvalue weighted by Crippen LogP contribution is 2.08. The second kappa shape index (κ2) is 5.30. The van der Waals surface area contributed by atoms with Gasteiger partial charge in [-0.2, -0.15) is 0 Å². The van der Waals surface area contributed by atoms with E-state index >= 15 is 0 Å². The van der Waals surface area contributed by atoms with E-state index in [2.05, 4.69) is 29.3 Å². The summed E-state index contributed by atoms with van der Waals surface area (Å²) >= 11 is 0. The Morgan fingerprint density at radius 2 is 1.60 bits per heavy atom. The molecule has 0 saturated heterocycles. The average molecular weight is 197 g/mol. The van der Waals surface area contributed by atoms with Gasteiger partial charge in [0, 0.05) is 11.6 Å². The van der Waals surface area contributed by atoms with E-state index in [0.717, 1.165) is 5.52 Å². The Bertz CT molecular complexity index is 374. The topological polar surface area (TPSA) is 12.9 Å². The number of aromatic nitrogens is 1. The van der Waals surface area contributed by atoms with E-state index in [0.29, 0.717) is 0 Å². The Kier molecular flexibility index (Phi) is 3.50. The number of para-hydroxylation sites is 1. The molecule has 0 fully saturated rings. The molecule has 15 heavy (non-hydrogen) atoms. The molecule has 0 aliphatic heterocycles. The van der Waals surface area contributed by atoms with Crippen molar-refractivity contribution in [1.29, 1.82) is 0 Å². The summed E-state index contributed by atoms with van der Waals surface area (Å²) in [5.74, 6) is 0. The lowest BCUT2D eigenvalue weighted by atomic mass is 10.2. The molecule has 0 N–H and O–H groups in total. The van der Waals surface area contributed by atoms with E-state index < -0.39 is 0 Å². The lowest BCUT2D eigenvalue weighted by Crippen LogP contribution is -1.73. The van der Waals surface area contributed by atoms with E-state index in [4.69, 9.17) is 0 Å². The maximum Gasteiger partial charge on any atom is 0.0701 e. The molecular weight excluding hydrogens is 182 g/mol. The fourth-order valence-electron chi connectivity index (χ4n) is 1.61. The van der Waals surface area contributed by atoms with E-state index in [1.807, 2.05) is 30.5 Å². The van der Waals surface area contributed by atoms with Crippen molar-refractivity contribution in [2.45, 2.75) is 19.3 Å². The lowest BCUT2D eigenvalue weighted by molar-refractivity contribution is 0.929. The van der Waals surface area contributed by atoms with Crippen molar-refractivity contribution in [3.05, 3.63) is 54.7 Å². The summed E-state index contributed by atoms with van der Waals surface area (Å²) in [6, 6.07) is 12.1. The van der Waals surface area contributed by atoms with Crippen molar-refractivity contribution in [1.82, 2.24) is 4.98 Å². The van der Waals surface area contributed by atoms with E-state index in [-0.39, 0.29) is 0 Å². The smallest absolute Gasteiger partial charge is 0.0701 e. The first-order valence-electron chi connectivity index (χ1n) is 5.41. The molecule has 1 heteroatoms. The van der Waals surface area contributed by atoms with Crippen LogP contribution < -0.4 is 0 Å². The molecule has 1 aliphatic carbocycles. The SMILES string of the molecule is C1=CCCC1.c1ccc2ncccc2c1. The molecule has 1 aromatic carbocycles. The van der Waals surface area contributed by atoms with Gasteiger partial charge in [-0.05, 0) is 31.4 Å². The Labute approximate surface area is 90.5 Å². The van der Waals surface area contributed by atoms with Crippen LogP contribution in [0.1, 0.15) is 19.3 Å². The molecular formula is C14H15N. The number of allylic oxidation sites excluding steroid dienone is 2. The molecule has 0 saturated carbocycles. The van der Waals surface area contributed by atoms with Gasteiger partial charge in [-0.3, -0.25) is 4.98 Å². The third kappa shape index (κ3) is 2.91. The summed E-state index contributed by atoms with van der Waals surface area (Å²) in [6.07, 6.45) is 10.3. The second-order valence-corrected chi connectivity index (χ2v) is 3.60. The first kappa shape index (κ1) is 9.91. The van der Waals surface area contributed by atoms with Crippen molar-refractivity contribution in [2.24, 2.45) is 0 Å². The first-order chi connectivity index (χ1) is 7.47. The van der Waals surface area contributed by atoms with Gasteiger partial charge in [0.05, 0.1) is 5.52 Å². The molecule has 3 rings (SSSR count). The number of pyridine rings is 1. The van der Waals surface area contributed by atoms with Crippen LogP contribution in [0, 0.1) is 0 Å². The summed E-state index contributed by atoms with van der Waals surface area (Å²) < 4.78 is 0. The van der Waals surface area contributed by atoms with Crippen LogP contribution >= 0.6 is 0 Å². The van der Waals surface area contributed by atoms with Gasteiger partial charge < -0.3 is 0 Å². The molecule has 1 nitrogen and oxygen atoms in total. The third-order valence-electron chi connectivity index (χ3n) is 2.42. The highest BCUT2D eigenvalue weighted by Gasteiger charge is 1.86. The molecule has 2 aromatic rings. The van der Waals surface area contributed by atoms with Crippen LogP contribution in [0.25, 0.3) is 10.9 Å². The maximum absolute atomic E-state index is 4.18. The van der Waals surface area contributed by atoms with Crippen LogP contribution in [0.4, 0.5) is 0 Å². The predicted octanol–water partition coefficient (Wildman–Crippen LogP) is 3.96. The maximum atomic E-state index is 4.18. The van der Waals surface area contributed by atoms with E-state index in [9.17, 15) is 0 Å². The summed E-state index contributed by atoms with van der Waals surface area (Å²) in [6.45, 7) is 0. The number of hydrogen-bond donors (Lipinski definition) is 0. The average Bonchev–Trinajstić information content (AvgIpc) is 2.88. The monoisotopic (exact) mass is 197 g/mol. The van der Waals surface area contributed by atoms with Crippen LogP contribution in [0.2, 0.25) is 0 Å². The molecule has 0 amide bonds. The minimum Gasteiger partial charge on any atom is -0.256 e. The summed E-state index contributed by atoms with van der Waals surface area (Å²) in [5, 5.41) is 1.20. The quantitative estimate of drug-likeness (QED) is 0.582. The van der Waals surface area contributed by atoms with Gasteiger partial charge in [0.2, 0.25) is 0 Å². The largest absolute Gasteiger partial charge is 0.256 e. The zero-order valence-electron chi connectivity index (χ0n) is 8.76. The summed E-state index contributed by atoms with van der Waals surface area (Å²) in [7, 11) is 0. The van der Waals surface area contributed by atoms with Gasteiger partial charge in [-0.1, -0.05) is 36.4 Å². The Balaban J connectivity index is 0.000000144. The van der Waals surface area contributed by atoms with Crippen LogP contribution in [0.5, 0.6) is 0 Å². The number of rotatable bonds is 0. The zero-order chi connectivity index (χ0) is 10.3. The molecule has 0 radical (unpaired) electrons. The molecule has 0 spiro atoms. The summed E-state index contributed by atoms with van der Waals surface area (Å²) in [4.78, 5) is 4.18. The van der Waals surface area contributed by atoms with Crippen LogP contribution in [0.3, 0.4) is 0 Å². The number of fused-ring (bicyclic) bond motifs is 1. The fraction of sp³-hybridized carbons (Fsp3) is 0.214. The van der Waals surface area contributed by atoms with E-state index in [1.54, 1.807) is 0 Å². The molecule has 0 unspecified atom stereocenters. The van der Waals surface area contributed by atoms with Gasteiger partial charge in [0.15, 0.2) is 0 Å². The van der Waals surface area contributed by atoms with Crippen LogP contribution in [-0.4, -0.2) is 4.98 Å². The number of nitrogens with zero attached hydrogens (tertiary/aromatic N) is 1. The van der Waals surface area contributed by atoms with Gasteiger partial charge in [-0.25, -0.2) is 0 Å². The molecule has 0 atom stereocenters. The zero-order valence-corrected chi connectivity index (χ0v) is 8.76. The van der Waals surface area contributed by atoms with Gasteiger partial charge in [0.25, 0.3) is 0 Å². The molecule has 1 aliphatic rings. The van der Waals surface area contributed by atoms with E-state index in [1.165, 1.54) is 24.6 Å². The number of hydrogen-bond acceptors (Lipinski definition) is 1. The Morgan fingerprint density at radius 3 is 2.27 bits per heavy atom. The Morgan fingerprint density at radius 1 is 0.867 bits per heavy atom. The highest BCUT2D eigenvalue weighted by molar-refractivity contribution is 5.77. The van der Waals surface area contributed by atoms with Crippen molar-refractivity contribution >= 4 is 10.9 Å². The molecule has 0 bridgehead atoms. The molecule has 76 valence electrons. The minimum absolute atomic E-state index is 1.06. The van der Waals surface area contributed by atoms with Gasteiger partial charge >= 0.3 is 0 Å². The van der Waals surface area contributed by atoms with Gasteiger partial charge in [-0.15, -0.1) is 0 Å². The minimum atomic E-state index is 1.06. The second-order valence-electron chi connectivity index (χ2n) is 3.60. The van der Waals surface area contributed by atoms with Crippen LogP contribution in [-0.2, 0) is 0 Å². The van der Waals surface area contributed by atoms with Crippen molar-refractivity contribution in [2.75, 3.05) is 0 Å². The third-order valence-corrected chi connectivity index (χ3v) is 2.42. The fourth-order valence-corrected chi connectivity index (χ4v) is 1.61. The molecule has 1 aromatic heterocycles. The van der Waals surface area contributed by atoms with Gasteiger partial charge in [0.1, 0.15) is 0 Å². The first-order valence-corrected chi connectivity index (χ1v) is 5.41. The van der Waals surface area contributed by atoms with Crippen molar-refractivity contribution < 1.29 is 0 Å². The summed E-state index contributed by atoms with van der Waals surface area (Å²) in [5.41, 5.74) is 1.06. The highest BCUT2D eigenvalue weighted by atomic mass is 14.6. The Hall–Kier alpha value is -1.63. The van der Waals surface area contributed by atoms with Crippen molar-refractivity contribution in [3.8, 4) is 0 Å². The normalized spacial score (nSPS) is 13.6.